The van der Waals surface area contributed by atoms with Gasteiger partial charge in [0.15, 0.2) is 5.78 Å². The summed E-state index contributed by atoms with van der Waals surface area (Å²) in [6.45, 7) is 6.39. The van der Waals surface area contributed by atoms with Crippen molar-refractivity contribution >= 4 is 28.2 Å². The van der Waals surface area contributed by atoms with E-state index in [1.54, 1.807) is 22.5 Å². The minimum absolute atomic E-state index is 0. The predicted molar refractivity (Wildman–Crippen MR) is 95.3 cm³/mol. The van der Waals surface area contributed by atoms with Crippen LogP contribution < -0.4 is 5.32 Å². The van der Waals surface area contributed by atoms with Gasteiger partial charge in [0.1, 0.15) is 0 Å². The van der Waals surface area contributed by atoms with Crippen LogP contribution in [0.15, 0.2) is 29.2 Å². The van der Waals surface area contributed by atoms with Crippen molar-refractivity contribution in [2.45, 2.75) is 24.3 Å². The predicted octanol–water partition coefficient (Wildman–Crippen LogP) is 0.979. The maximum Gasteiger partial charge on any atom is 0.243 e. The number of carbonyl (C=O) groups is 1. The molecule has 2 aliphatic rings. The van der Waals surface area contributed by atoms with Crippen molar-refractivity contribution in [3.05, 3.63) is 29.8 Å². The first-order valence-electron chi connectivity index (χ1n) is 8.04. The van der Waals surface area contributed by atoms with Crippen LogP contribution >= 0.6 is 12.4 Å². The molecule has 2 aliphatic heterocycles. The lowest BCUT2D eigenvalue weighted by molar-refractivity contribution is 0.101. The molecule has 1 N–H and O–H groups in total. The van der Waals surface area contributed by atoms with Gasteiger partial charge in [-0.15, -0.1) is 12.4 Å². The average Bonchev–Trinajstić information content (AvgIpc) is 3.06. The Bertz CT molecular complexity index is 690. The highest BCUT2D eigenvalue weighted by atomic mass is 35.5. The van der Waals surface area contributed by atoms with E-state index in [1.807, 2.05) is 0 Å². The van der Waals surface area contributed by atoms with Gasteiger partial charge >= 0.3 is 0 Å². The van der Waals surface area contributed by atoms with Crippen molar-refractivity contribution < 1.29 is 13.2 Å². The number of piperazine rings is 1. The number of sulfonamides is 1. The Balaban J connectivity index is 0.00000208. The number of nitrogens with one attached hydrogen (secondary N) is 1. The second-order valence-electron chi connectivity index (χ2n) is 6.18. The molecule has 0 radical (unpaired) electrons. The van der Waals surface area contributed by atoms with E-state index in [9.17, 15) is 13.2 Å². The van der Waals surface area contributed by atoms with E-state index in [2.05, 4.69) is 10.2 Å². The van der Waals surface area contributed by atoms with E-state index in [-0.39, 0.29) is 23.1 Å². The highest BCUT2D eigenvalue weighted by molar-refractivity contribution is 7.89. The largest absolute Gasteiger partial charge is 0.314 e. The number of halogens is 1. The van der Waals surface area contributed by atoms with Crippen LogP contribution in [0, 0.1) is 0 Å². The van der Waals surface area contributed by atoms with Gasteiger partial charge in [-0.25, -0.2) is 8.42 Å². The van der Waals surface area contributed by atoms with Gasteiger partial charge in [-0.3, -0.25) is 9.69 Å². The van der Waals surface area contributed by atoms with Crippen LogP contribution in [-0.4, -0.2) is 68.7 Å². The summed E-state index contributed by atoms with van der Waals surface area (Å²) in [6.07, 6.45) is 0.867. The van der Waals surface area contributed by atoms with Crippen molar-refractivity contribution in [3.8, 4) is 0 Å². The lowest BCUT2D eigenvalue weighted by Gasteiger charge is -2.32. The second kappa shape index (κ2) is 7.93. The Morgan fingerprint density at radius 3 is 2.58 bits per heavy atom. The molecule has 0 saturated carbocycles. The van der Waals surface area contributed by atoms with Crippen LogP contribution in [0.5, 0.6) is 0 Å². The molecule has 0 bridgehead atoms. The monoisotopic (exact) mass is 373 g/mol. The minimum Gasteiger partial charge on any atom is -0.314 e. The number of ketones is 1. The normalized spacial score (nSPS) is 23.0. The summed E-state index contributed by atoms with van der Waals surface area (Å²) in [5.41, 5.74) is 0.434. The molecule has 8 heteroatoms. The van der Waals surface area contributed by atoms with E-state index < -0.39 is 10.0 Å². The molecule has 2 heterocycles. The van der Waals surface area contributed by atoms with Gasteiger partial charge in [0.2, 0.25) is 10.0 Å². The fourth-order valence-electron chi connectivity index (χ4n) is 3.30. The number of hydrogen-bond acceptors (Lipinski definition) is 5. The number of benzene rings is 1. The lowest BCUT2D eigenvalue weighted by Crippen LogP contribution is -2.49. The van der Waals surface area contributed by atoms with Crippen LogP contribution in [0.25, 0.3) is 0 Å². The summed E-state index contributed by atoms with van der Waals surface area (Å²) < 4.78 is 27.2. The molecule has 134 valence electrons. The zero-order valence-electron chi connectivity index (χ0n) is 13.8. The van der Waals surface area contributed by atoms with Gasteiger partial charge in [-0.1, -0.05) is 12.1 Å². The maximum atomic E-state index is 12.8. The van der Waals surface area contributed by atoms with Crippen molar-refractivity contribution in [1.29, 1.82) is 0 Å². The molecule has 1 unspecified atom stereocenters. The fourth-order valence-corrected chi connectivity index (χ4v) is 4.84. The summed E-state index contributed by atoms with van der Waals surface area (Å²) in [5.74, 6) is -0.123. The molecule has 1 aromatic rings. The molecule has 6 nitrogen and oxygen atoms in total. The van der Waals surface area contributed by atoms with E-state index in [0.717, 1.165) is 32.6 Å². The first-order valence-corrected chi connectivity index (χ1v) is 9.48. The first-order chi connectivity index (χ1) is 11.0. The van der Waals surface area contributed by atoms with Gasteiger partial charge in [0, 0.05) is 50.9 Å². The van der Waals surface area contributed by atoms with Crippen LogP contribution in [-0.2, 0) is 10.0 Å². The first kappa shape index (κ1) is 19.3. The third kappa shape index (κ3) is 3.97. The highest BCUT2D eigenvalue weighted by Crippen LogP contribution is 2.24. The van der Waals surface area contributed by atoms with Crippen molar-refractivity contribution in [3.63, 3.8) is 0 Å². The fraction of sp³-hybridized carbons (Fsp3) is 0.562. The van der Waals surface area contributed by atoms with E-state index in [0.29, 0.717) is 24.7 Å². The van der Waals surface area contributed by atoms with Gasteiger partial charge in [0.05, 0.1) is 4.90 Å². The molecule has 24 heavy (non-hydrogen) atoms. The number of hydrogen-bond donors (Lipinski definition) is 1. The molecule has 1 aromatic carbocycles. The molecule has 3 rings (SSSR count). The van der Waals surface area contributed by atoms with Crippen LogP contribution in [0.4, 0.5) is 0 Å². The lowest BCUT2D eigenvalue weighted by atomic mass is 10.2. The quantitative estimate of drug-likeness (QED) is 0.797. The second-order valence-corrected chi connectivity index (χ2v) is 8.11. The van der Waals surface area contributed by atoms with E-state index >= 15 is 0 Å². The molecule has 2 saturated heterocycles. The average molecular weight is 374 g/mol. The Morgan fingerprint density at radius 2 is 1.92 bits per heavy atom. The zero-order chi connectivity index (χ0) is 16.4. The standard InChI is InChI=1S/C16H23N3O3S.ClH/c1-13(20)14-3-2-4-16(11-14)23(21,22)19-8-5-15(12-19)18-9-6-17-7-10-18;/h2-4,11,15,17H,5-10,12H2,1H3;1H. The number of Topliss-reactive ketones (excluding diaryl/α,β-unsaturated/α-hetero) is 1. The molecule has 0 spiro atoms. The summed E-state index contributed by atoms with van der Waals surface area (Å²) >= 11 is 0. The number of nitrogens with zero attached hydrogens (tertiary/aromatic N) is 2. The van der Waals surface area contributed by atoms with E-state index in [1.165, 1.54) is 13.0 Å². The number of rotatable bonds is 4. The van der Waals surface area contributed by atoms with Gasteiger partial charge in [-0.05, 0) is 25.5 Å². The van der Waals surface area contributed by atoms with Crippen LogP contribution in [0.1, 0.15) is 23.7 Å². The minimum atomic E-state index is -3.53. The van der Waals surface area contributed by atoms with Crippen molar-refractivity contribution in [1.82, 2.24) is 14.5 Å². The zero-order valence-corrected chi connectivity index (χ0v) is 15.4. The SMILES string of the molecule is CC(=O)c1cccc(S(=O)(=O)N2CCC(N3CCNCC3)C2)c1.Cl. The molecular formula is C16H24ClN3O3S. The van der Waals surface area contributed by atoms with Crippen LogP contribution in [0.3, 0.4) is 0 Å². The van der Waals surface area contributed by atoms with Gasteiger partial charge in [-0.2, -0.15) is 4.31 Å². The topological polar surface area (TPSA) is 69.7 Å². The number of carbonyl (C=O) groups excluding carboxylic acids is 1. The Labute approximate surface area is 149 Å². The van der Waals surface area contributed by atoms with E-state index in [4.69, 9.17) is 0 Å². The molecule has 1 atom stereocenters. The maximum absolute atomic E-state index is 12.8. The highest BCUT2D eigenvalue weighted by Gasteiger charge is 2.35. The summed E-state index contributed by atoms with van der Waals surface area (Å²) in [4.78, 5) is 14.1. The van der Waals surface area contributed by atoms with Gasteiger partial charge < -0.3 is 5.32 Å². The third-order valence-corrected chi connectivity index (χ3v) is 6.53. The van der Waals surface area contributed by atoms with Gasteiger partial charge in [0.25, 0.3) is 0 Å². The molecule has 2 fully saturated rings. The third-order valence-electron chi connectivity index (χ3n) is 4.67. The summed E-state index contributed by atoms with van der Waals surface area (Å²) in [7, 11) is -3.53. The Kier molecular flexibility index (Phi) is 6.39. The summed E-state index contributed by atoms with van der Waals surface area (Å²) in [5, 5.41) is 3.32. The van der Waals surface area contributed by atoms with Crippen molar-refractivity contribution in [2.24, 2.45) is 0 Å². The Morgan fingerprint density at radius 1 is 1.21 bits per heavy atom. The van der Waals surface area contributed by atoms with Crippen molar-refractivity contribution in [2.75, 3.05) is 39.3 Å². The Hall–Kier alpha value is -0.990. The van der Waals surface area contributed by atoms with Crippen LogP contribution in [0.2, 0.25) is 0 Å². The summed E-state index contributed by atoms with van der Waals surface area (Å²) in [6, 6.07) is 6.63. The smallest absolute Gasteiger partial charge is 0.243 e. The molecule has 0 amide bonds. The molecule has 0 aromatic heterocycles. The molecular weight excluding hydrogens is 350 g/mol. The molecule has 0 aliphatic carbocycles.